The fourth-order valence-electron chi connectivity index (χ4n) is 4.41. The van der Waals surface area contributed by atoms with E-state index >= 15 is 0 Å². The van der Waals surface area contributed by atoms with E-state index in [0.717, 1.165) is 22.3 Å². The Morgan fingerprint density at radius 2 is 0.867 bits per heavy atom. The molecule has 0 radical (unpaired) electrons. The minimum atomic E-state index is -2.62. The number of hydrogen-bond donors (Lipinski definition) is 0. The molecular formula is C33H36O8S4. The van der Waals surface area contributed by atoms with Crippen molar-refractivity contribution in [3.8, 4) is 0 Å². The molecule has 0 aromatic carbocycles. The van der Waals surface area contributed by atoms with Crippen molar-refractivity contribution in [2.75, 3.05) is 0 Å². The minimum Gasteiger partial charge on any atom is -0.449 e. The Kier molecular flexibility index (Phi) is 13.4. The third-order valence-corrected chi connectivity index (χ3v) is 9.70. The largest absolute Gasteiger partial charge is 0.463 e. The maximum absolute atomic E-state index is 13.4. The van der Waals surface area contributed by atoms with E-state index in [-0.39, 0.29) is 25.7 Å². The first-order chi connectivity index (χ1) is 21.7. The summed E-state index contributed by atoms with van der Waals surface area (Å²) >= 11 is 6.03. The second kappa shape index (κ2) is 17.4. The highest BCUT2D eigenvalue weighted by Crippen LogP contribution is 2.32. The van der Waals surface area contributed by atoms with E-state index < -0.39 is 41.9 Å². The lowest BCUT2D eigenvalue weighted by molar-refractivity contribution is -0.369. The number of ether oxygens (including phenoxy) is 4. The zero-order valence-corrected chi connectivity index (χ0v) is 28.4. The van der Waals surface area contributed by atoms with E-state index in [4.69, 9.17) is 18.9 Å². The van der Waals surface area contributed by atoms with Crippen LogP contribution in [0.1, 0.15) is 61.8 Å². The van der Waals surface area contributed by atoms with Gasteiger partial charge in [0, 0.05) is 31.6 Å². The van der Waals surface area contributed by atoms with Crippen molar-refractivity contribution in [2.24, 2.45) is 5.92 Å². The Hall–Kier alpha value is -3.32. The van der Waals surface area contributed by atoms with E-state index in [1.165, 1.54) is 45.3 Å². The maximum atomic E-state index is 13.4. The average Bonchev–Trinajstić information content (AvgIpc) is 3.84. The molecule has 0 amide bonds. The van der Waals surface area contributed by atoms with Crippen LogP contribution in [0.3, 0.4) is 0 Å². The monoisotopic (exact) mass is 688 g/mol. The van der Waals surface area contributed by atoms with Gasteiger partial charge in [0.1, 0.15) is 0 Å². The molecule has 4 aromatic rings. The molecule has 0 fully saturated rings. The molecule has 8 nitrogen and oxygen atoms in total. The molecular weight excluding hydrogens is 653 g/mol. The van der Waals surface area contributed by atoms with Crippen LogP contribution in [-0.2, 0) is 63.8 Å². The summed E-state index contributed by atoms with van der Waals surface area (Å²) in [5.41, 5.74) is 3.78. The Balaban J connectivity index is 1.60. The van der Waals surface area contributed by atoms with Crippen LogP contribution >= 0.6 is 45.3 Å². The molecule has 0 saturated carbocycles. The molecule has 4 aromatic heterocycles. The summed E-state index contributed by atoms with van der Waals surface area (Å²) in [7, 11) is 0. The van der Waals surface area contributed by atoms with Gasteiger partial charge in [0.25, 0.3) is 0 Å². The Bertz CT molecular complexity index is 1330. The highest BCUT2D eigenvalue weighted by atomic mass is 32.1. The van der Waals surface area contributed by atoms with Gasteiger partial charge in [-0.05, 0) is 115 Å². The molecule has 0 bridgehead atoms. The van der Waals surface area contributed by atoms with Crippen molar-refractivity contribution in [3.05, 3.63) is 89.6 Å². The maximum Gasteiger partial charge on any atom is 0.463 e. The van der Waals surface area contributed by atoms with Gasteiger partial charge in [0.15, 0.2) is 0 Å². The summed E-state index contributed by atoms with van der Waals surface area (Å²) in [4.78, 5) is 53.2. The fraction of sp³-hybridized carbons (Fsp3) is 0.394. The van der Waals surface area contributed by atoms with Gasteiger partial charge >= 0.3 is 29.9 Å². The fourth-order valence-corrected chi connectivity index (χ4v) is 7.22. The van der Waals surface area contributed by atoms with Gasteiger partial charge in [-0.2, -0.15) is 45.3 Å². The highest BCUT2D eigenvalue weighted by molar-refractivity contribution is 7.08. The lowest BCUT2D eigenvalue weighted by Crippen LogP contribution is -2.57. The average molecular weight is 689 g/mol. The molecule has 240 valence electrons. The molecule has 12 heteroatoms. The van der Waals surface area contributed by atoms with Gasteiger partial charge in [-0.1, -0.05) is 13.8 Å². The highest BCUT2D eigenvalue weighted by Gasteiger charge is 2.55. The summed E-state index contributed by atoms with van der Waals surface area (Å²) in [6.45, 7) is 3.42. The summed E-state index contributed by atoms with van der Waals surface area (Å²) in [5.74, 6) is -6.10. The standard InChI is InChI=1S/C33H36O8S4/c1-23(2)32(38-28(34)7-3-24-11-15-42-19-24)33(39-29(35)8-4-25-12-16-43-20-25,40-30(36)9-5-26-13-17-44-21-26)41-31(37)10-6-27-14-18-45-22-27/h11-23,32H,3-10H2,1-2H3. The van der Waals surface area contributed by atoms with Gasteiger partial charge in [0.05, 0.1) is 0 Å². The van der Waals surface area contributed by atoms with Gasteiger partial charge in [-0.25, -0.2) is 0 Å². The van der Waals surface area contributed by atoms with E-state index in [2.05, 4.69) is 0 Å². The number of carbonyl (C=O) groups excluding carboxylic acids is 4. The van der Waals surface area contributed by atoms with Gasteiger partial charge < -0.3 is 18.9 Å². The van der Waals surface area contributed by atoms with Crippen molar-refractivity contribution in [3.63, 3.8) is 0 Å². The minimum absolute atomic E-state index is 0.0281. The normalized spacial score (nSPS) is 12.1. The number of carbonyl (C=O) groups is 4. The van der Waals surface area contributed by atoms with E-state index in [1.807, 2.05) is 67.3 Å². The van der Waals surface area contributed by atoms with Crippen LogP contribution in [0.4, 0.5) is 0 Å². The second-order valence-electron chi connectivity index (χ2n) is 10.7. The first-order valence-electron chi connectivity index (χ1n) is 14.6. The molecule has 0 aliphatic carbocycles. The molecule has 4 heterocycles. The van der Waals surface area contributed by atoms with Crippen LogP contribution in [0.25, 0.3) is 0 Å². The van der Waals surface area contributed by atoms with E-state index in [9.17, 15) is 19.2 Å². The van der Waals surface area contributed by atoms with Gasteiger partial charge in [-0.15, -0.1) is 0 Å². The molecule has 4 rings (SSSR count). The summed E-state index contributed by atoms with van der Waals surface area (Å²) in [5, 5.41) is 15.3. The van der Waals surface area contributed by atoms with E-state index in [0.29, 0.717) is 25.7 Å². The van der Waals surface area contributed by atoms with Crippen LogP contribution in [-0.4, -0.2) is 36.0 Å². The van der Waals surface area contributed by atoms with Gasteiger partial charge in [0.2, 0.25) is 6.10 Å². The number of hydrogen-bond acceptors (Lipinski definition) is 12. The van der Waals surface area contributed by atoms with Crippen molar-refractivity contribution < 1.29 is 38.1 Å². The molecule has 0 saturated heterocycles. The smallest absolute Gasteiger partial charge is 0.449 e. The third-order valence-electron chi connectivity index (χ3n) is 6.77. The third kappa shape index (κ3) is 11.2. The number of rotatable bonds is 18. The molecule has 1 unspecified atom stereocenters. The Labute approximate surface area is 278 Å². The van der Waals surface area contributed by atoms with Crippen molar-refractivity contribution in [1.29, 1.82) is 0 Å². The summed E-state index contributed by atoms with van der Waals surface area (Å²) in [6, 6.07) is 7.60. The predicted octanol–water partition coefficient (Wildman–Crippen LogP) is 7.61. The number of esters is 4. The second-order valence-corrected chi connectivity index (χ2v) is 13.8. The van der Waals surface area contributed by atoms with Crippen LogP contribution in [0, 0.1) is 5.92 Å². The molecule has 0 aliphatic heterocycles. The first kappa shape index (κ1) is 34.6. The SMILES string of the molecule is CC(C)C(OC(=O)CCc1ccsc1)C(OC(=O)CCc1ccsc1)(OC(=O)CCc1ccsc1)OC(=O)CCc1ccsc1. The molecule has 1 atom stereocenters. The lowest BCUT2D eigenvalue weighted by Gasteiger charge is -2.38. The van der Waals surface area contributed by atoms with Crippen molar-refractivity contribution >= 4 is 69.2 Å². The zero-order chi connectivity index (χ0) is 32.1. The van der Waals surface area contributed by atoms with Crippen LogP contribution in [0.2, 0.25) is 0 Å². The predicted molar refractivity (Wildman–Crippen MR) is 176 cm³/mol. The summed E-state index contributed by atoms with van der Waals surface area (Å²) in [6.07, 6.45) is -0.0951. The first-order valence-corrected chi connectivity index (χ1v) is 18.4. The molecule has 45 heavy (non-hydrogen) atoms. The van der Waals surface area contributed by atoms with Crippen molar-refractivity contribution in [1.82, 2.24) is 0 Å². The quantitative estimate of drug-likeness (QED) is 0.0777. The number of thiophene rings is 4. The molecule has 0 aliphatic rings. The van der Waals surface area contributed by atoms with Crippen LogP contribution in [0.5, 0.6) is 0 Å². The van der Waals surface area contributed by atoms with Crippen LogP contribution in [0.15, 0.2) is 67.3 Å². The lowest BCUT2D eigenvalue weighted by atomic mass is 10.0. The topological polar surface area (TPSA) is 105 Å². The number of aryl methyl sites for hydroxylation is 4. The Morgan fingerprint density at radius 1 is 0.556 bits per heavy atom. The molecule has 0 spiro atoms. The van der Waals surface area contributed by atoms with E-state index in [1.54, 1.807) is 13.8 Å². The van der Waals surface area contributed by atoms with Gasteiger partial charge in [-0.3, -0.25) is 19.2 Å². The molecule has 0 N–H and O–H groups in total. The summed E-state index contributed by atoms with van der Waals surface area (Å²) < 4.78 is 23.4. The van der Waals surface area contributed by atoms with Crippen LogP contribution < -0.4 is 0 Å². The van der Waals surface area contributed by atoms with Crippen molar-refractivity contribution in [2.45, 2.75) is 77.3 Å². The zero-order valence-electron chi connectivity index (χ0n) is 25.1. The Morgan fingerprint density at radius 3 is 1.13 bits per heavy atom.